The molecule has 0 saturated carbocycles. The summed E-state index contributed by atoms with van der Waals surface area (Å²) in [5, 5.41) is 0.0631. The SMILES string of the molecule is NC(=S)NSC(=O)[S-].[Na+]. The van der Waals surface area contributed by atoms with Crippen LogP contribution in [0, 0.1) is 0 Å². The van der Waals surface area contributed by atoms with Crippen LogP contribution in [0.2, 0.25) is 0 Å². The number of nitrogens with two attached hydrogens (primary N) is 1. The van der Waals surface area contributed by atoms with E-state index in [1.807, 2.05) is 0 Å². The zero-order chi connectivity index (χ0) is 6.57. The third-order valence-electron chi connectivity index (χ3n) is 0.235. The molecule has 7 heteroatoms. The molecule has 0 spiro atoms. The Hall–Kier alpha value is 0.930. The Morgan fingerprint density at radius 2 is 2.22 bits per heavy atom. The Labute approximate surface area is 90.3 Å². The van der Waals surface area contributed by atoms with Gasteiger partial charge in [0.25, 0.3) is 0 Å². The van der Waals surface area contributed by atoms with Crippen LogP contribution in [-0.2, 0) is 12.6 Å². The van der Waals surface area contributed by atoms with Gasteiger partial charge in [-0.2, -0.15) is 0 Å². The van der Waals surface area contributed by atoms with Gasteiger partial charge < -0.3 is 27.9 Å². The van der Waals surface area contributed by atoms with Gasteiger partial charge in [0.15, 0.2) is 5.11 Å². The molecular formula is C2H3N2NaOS3. The number of hydrogen-bond acceptors (Lipinski definition) is 4. The first-order valence-corrected chi connectivity index (χ1v) is 3.19. The van der Waals surface area contributed by atoms with E-state index in [9.17, 15) is 4.79 Å². The Morgan fingerprint density at radius 1 is 1.78 bits per heavy atom. The van der Waals surface area contributed by atoms with E-state index in [1.54, 1.807) is 0 Å². The Balaban J connectivity index is 0. The van der Waals surface area contributed by atoms with Crippen molar-refractivity contribution in [3.8, 4) is 0 Å². The molecule has 0 bridgehead atoms. The molecule has 0 radical (unpaired) electrons. The maximum Gasteiger partial charge on any atom is 1.00 e. The molecule has 3 nitrogen and oxygen atoms in total. The second-order valence-electron chi connectivity index (χ2n) is 0.818. The minimum absolute atomic E-state index is 0. The Morgan fingerprint density at radius 3 is 2.33 bits per heavy atom. The van der Waals surface area contributed by atoms with Crippen molar-refractivity contribution in [1.29, 1.82) is 0 Å². The van der Waals surface area contributed by atoms with Crippen LogP contribution in [0.5, 0.6) is 0 Å². The minimum atomic E-state index is -0.474. The number of hydrogen-bond donors (Lipinski definition) is 2. The maximum atomic E-state index is 9.95. The van der Waals surface area contributed by atoms with Gasteiger partial charge in [0.2, 0.25) is 0 Å². The number of carbonyl (C=O) groups is 1. The van der Waals surface area contributed by atoms with Crippen LogP contribution in [0.4, 0.5) is 4.79 Å². The van der Waals surface area contributed by atoms with Gasteiger partial charge >= 0.3 is 29.6 Å². The molecule has 0 fully saturated rings. The molecule has 0 aromatic carbocycles. The second-order valence-corrected chi connectivity index (χ2v) is 2.67. The van der Waals surface area contributed by atoms with E-state index in [-0.39, 0.29) is 34.7 Å². The molecular weight excluding hydrogens is 187 g/mol. The molecule has 0 saturated heterocycles. The summed E-state index contributed by atoms with van der Waals surface area (Å²) in [6, 6.07) is 0. The molecule has 0 heterocycles. The predicted molar refractivity (Wildman–Crippen MR) is 40.3 cm³/mol. The molecule has 0 aliphatic heterocycles. The summed E-state index contributed by atoms with van der Waals surface area (Å²) in [5.41, 5.74) is 4.94. The van der Waals surface area contributed by atoms with E-state index in [1.165, 1.54) is 0 Å². The summed E-state index contributed by atoms with van der Waals surface area (Å²) >= 11 is 9.20. The molecule has 0 atom stereocenters. The van der Waals surface area contributed by atoms with Crippen molar-refractivity contribution in [2.75, 3.05) is 0 Å². The number of rotatable bonds is 0. The van der Waals surface area contributed by atoms with Crippen LogP contribution in [0.25, 0.3) is 0 Å². The van der Waals surface area contributed by atoms with Crippen LogP contribution >= 0.6 is 24.2 Å². The number of thiocarbonyl (C=S) groups is 1. The van der Waals surface area contributed by atoms with Crippen molar-refractivity contribution in [2.45, 2.75) is 0 Å². The van der Waals surface area contributed by atoms with E-state index in [0.29, 0.717) is 11.9 Å². The zero-order valence-electron chi connectivity index (χ0n) is 4.71. The van der Waals surface area contributed by atoms with Crippen molar-refractivity contribution in [3.63, 3.8) is 0 Å². The van der Waals surface area contributed by atoms with Crippen LogP contribution in [0.1, 0.15) is 0 Å². The van der Waals surface area contributed by atoms with Gasteiger partial charge in [-0.1, -0.05) is 0 Å². The molecule has 0 amide bonds. The third-order valence-corrected chi connectivity index (χ3v) is 1.20. The van der Waals surface area contributed by atoms with Crippen molar-refractivity contribution in [2.24, 2.45) is 5.73 Å². The fraction of sp³-hybridized carbons (Fsp3) is 0. The van der Waals surface area contributed by atoms with E-state index >= 15 is 0 Å². The first kappa shape index (κ1) is 12.6. The largest absolute Gasteiger partial charge is 1.00 e. The summed E-state index contributed by atoms with van der Waals surface area (Å²) in [6.45, 7) is 0. The van der Waals surface area contributed by atoms with E-state index in [4.69, 9.17) is 5.73 Å². The van der Waals surface area contributed by atoms with Crippen molar-refractivity contribution >= 4 is 46.4 Å². The van der Waals surface area contributed by atoms with Crippen molar-refractivity contribution < 1.29 is 34.4 Å². The van der Waals surface area contributed by atoms with Gasteiger partial charge in [0.1, 0.15) is 0 Å². The fourth-order valence-corrected chi connectivity index (χ4v) is 0.526. The summed E-state index contributed by atoms with van der Waals surface area (Å²) < 4.78 is 1.84. The molecule has 0 aromatic heterocycles. The normalized spacial score (nSPS) is 7.11. The van der Waals surface area contributed by atoms with Gasteiger partial charge in [-0.15, -0.1) is 0 Å². The molecule has 3 N–H and O–H groups in total. The fourth-order valence-electron chi connectivity index (χ4n) is 0.0920. The van der Waals surface area contributed by atoms with Gasteiger partial charge in [-0.25, -0.2) is 0 Å². The zero-order valence-corrected chi connectivity index (χ0v) is 9.16. The van der Waals surface area contributed by atoms with Crippen molar-refractivity contribution in [3.05, 3.63) is 0 Å². The molecule has 9 heavy (non-hydrogen) atoms. The van der Waals surface area contributed by atoms with Crippen LogP contribution in [0.15, 0.2) is 0 Å². The number of nitrogens with one attached hydrogen (secondary N) is 1. The topological polar surface area (TPSA) is 55.1 Å². The quantitative estimate of drug-likeness (QED) is 0.185. The predicted octanol–water partition coefficient (Wildman–Crippen LogP) is -2.86. The average molecular weight is 190 g/mol. The standard InChI is InChI=1S/C2H4N2OS3.Na/c3-1(6)4-8-2(5)7;/h(H,5,7)(H3,3,4,6);/q;+1/p-1. The first-order valence-electron chi connectivity index (χ1n) is 1.56. The number of carbonyl (C=O) groups excluding carboxylic acids is 1. The monoisotopic (exact) mass is 190 g/mol. The van der Waals surface area contributed by atoms with Gasteiger partial charge in [-0.05, 0) is 12.2 Å². The molecule has 0 aliphatic rings. The third kappa shape index (κ3) is 12.2. The molecule has 0 rings (SSSR count). The van der Waals surface area contributed by atoms with Crippen LogP contribution in [0.3, 0.4) is 0 Å². The second kappa shape index (κ2) is 7.04. The minimum Gasteiger partial charge on any atom is -0.729 e. The molecule has 0 unspecified atom stereocenters. The van der Waals surface area contributed by atoms with E-state index in [0.717, 1.165) is 0 Å². The Kier molecular flexibility index (Phi) is 9.85. The summed E-state index contributed by atoms with van der Waals surface area (Å²) in [5.74, 6) is 0. The smallest absolute Gasteiger partial charge is 0.729 e. The van der Waals surface area contributed by atoms with Crippen LogP contribution in [-0.4, -0.2) is 9.56 Å². The average Bonchev–Trinajstić information content (AvgIpc) is 1.61. The molecule has 0 aromatic rings. The summed E-state index contributed by atoms with van der Waals surface area (Å²) in [7, 11) is 0. The Bertz CT molecular complexity index is 104. The van der Waals surface area contributed by atoms with Crippen LogP contribution < -0.4 is 40.0 Å². The maximum absolute atomic E-state index is 9.95. The first-order chi connectivity index (χ1) is 3.63. The summed E-state index contributed by atoms with van der Waals surface area (Å²) in [6.07, 6.45) is 0. The summed E-state index contributed by atoms with van der Waals surface area (Å²) in [4.78, 5) is 9.95. The molecule has 46 valence electrons. The van der Waals surface area contributed by atoms with Gasteiger partial charge in [0, 0.05) is 11.9 Å². The molecule has 0 aliphatic carbocycles. The van der Waals surface area contributed by atoms with Gasteiger partial charge in [0.05, 0.1) is 4.45 Å². The van der Waals surface area contributed by atoms with Gasteiger partial charge in [-0.3, -0.25) is 0 Å². The van der Waals surface area contributed by atoms with E-state index in [2.05, 4.69) is 29.6 Å². The van der Waals surface area contributed by atoms with E-state index < -0.39 is 4.45 Å². The van der Waals surface area contributed by atoms with Crippen molar-refractivity contribution in [1.82, 2.24) is 4.72 Å².